The summed E-state index contributed by atoms with van der Waals surface area (Å²) in [5, 5.41) is 3.21. The molecule has 3 rings (SSSR count). The van der Waals surface area contributed by atoms with E-state index in [0.717, 1.165) is 21.7 Å². The molecule has 0 atom stereocenters. The number of ether oxygens (including phenoxy) is 1. The van der Waals surface area contributed by atoms with Crippen molar-refractivity contribution in [2.24, 2.45) is 0 Å². The Morgan fingerprint density at radius 1 is 1.21 bits per heavy atom. The van der Waals surface area contributed by atoms with Crippen LogP contribution in [-0.2, 0) is 4.74 Å². The number of hydrogen-bond donors (Lipinski definition) is 0. The van der Waals surface area contributed by atoms with Crippen LogP contribution < -0.4 is 0 Å². The van der Waals surface area contributed by atoms with Gasteiger partial charge in [0.25, 0.3) is 5.91 Å². The fourth-order valence-corrected chi connectivity index (χ4v) is 3.73. The third-order valence-electron chi connectivity index (χ3n) is 3.99. The van der Waals surface area contributed by atoms with Crippen LogP contribution in [0.15, 0.2) is 42.5 Å². The Bertz CT molecular complexity index is 867. The van der Waals surface area contributed by atoms with E-state index < -0.39 is 0 Å². The predicted molar refractivity (Wildman–Crippen MR) is 98.6 cm³/mol. The van der Waals surface area contributed by atoms with Crippen molar-refractivity contribution in [1.29, 1.82) is 0 Å². The molecule has 3 aromatic rings. The summed E-state index contributed by atoms with van der Waals surface area (Å²) in [4.78, 5) is 19.6. The zero-order valence-electron chi connectivity index (χ0n) is 14.1. The number of fused-ring (bicyclic) bond motifs is 1. The fourth-order valence-electron chi connectivity index (χ4n) is 2.63. The van der Waals surface area contributed by atoms with Gasteiger partial charge in [-0.1, -0.05) is 42.5 Å². The van der Waals surface area contributed by atoms with Gasteiger partial charge in [-0.05, 0) is 17.7 Å². The minimum Gasteiger partial charge on any atom is -0.383 e. The van der Waals surface area contributed by atoms with Crippen molar-refractivity contribution < 1.29 is 9.53 Å². The van der Waals surface area contributed by atoms with Gasteiger partial charge in [0.15, 0.2) is 0 Å². The molecule has 24 heavy (non-hydrogen) atoms. The summed E-state index contributed by atoms with van der Waals surface area (Å²) in [6.07, 6.45) is 0. The number of benzene rings is 2. The summed E-state index contributed by atoms with van der Waals surface area (Å²) in [5.74, 6) is -0.00598. The molecular formula is C19H20N2O2S. The molecule has 0 unspecified atom stereocenters. The third kappa shape index (κ3) is 3.18. The maximum absolute atomic E-state index is 12.6. The highest BCUT2D eigenvalue weighted by Crippen LogP contribution is 2.33. The number of thiazole rings is 1. The number of amides is 1. The van der Waals surface area contributed by atoms with Gasteiger partial charge in [-0.2, -0.15) is 0 Å². The normalized spacial score (nSPS) is 11.0. The summed E-state index contributed by atoms with van der Waals surface area (Å²) < 4.78 is 5.05. The molecule has 4 nitrogen and oxygen atoms in total. The molecule has 0 spiro atoms. The van der Waals surface area contributed by atoms with E-state index in [1.165, 1.54) is 16.7 Å². The Balaban J connectivity index is 1.98. The van der Waals surface area contributed by atoms with Gasteiger partial charge in [-0.25, -0.2) is 4.98 Å². The number of aromatic nitrogens is 1. The summed E-state index contributed by atoms with van der Waals surface area (Å²) in [6.45, 7) is 2.98. The third-order valence-corrected chi connectivity index (χ3v) is 5.17. The smallest absolute Gasteiger partial charge is 0.265 e. The molecule has 1 aromatic heterocycles. The predicted octanol–water partition coefficient (Wildman–Crippen LogP) is 3.99. The van der Waals surface area contributed by atoms with E-state index in [0.29, 0.717) is 18.0 Å². The number of likely N-dealkylation sites (N-methyl/N-ethyl adjacent to an activating group) is 1. The molecule has 1 heterocycles. The lowest BCUT2D eigenvalue weighted by molar-refractivity contribution is 0.0748. The van der Waals surface area contributed by atoms with Gasteiger partial charge in [0, 0.05) is 26.3 Å². The average molecular weight is 340 g/mol. The van der Waals surface area contributed by atoms with Crippen LogP contribution in [-0.4, -0.2) is 43.1 Å². The monoisotopic (exact) mass is 340 g/mol. The molecule has 0 saturated carbocycles. The standard InChI is InChI=1S/C19H20N2O2S/c1-13-17(19(22)21(2)11-12-23-3)24-18(20-13)16-10-6-8-14-7-4-5-9-15(14)16/h4-10H,11-12H2,1-3H3. The molecule has 2 aromatic carbocycles. The molecule has 0 aliphatic carbocycles. The molecule has 0 fully saturated rings. The fraction of sp³-hybridized carbons (Fsp3) is 0.263. The molecule has 0 aliphatic heterocycles. The topological polar surface area (TPSA) is 42.4 Å². The molecule has 0 aliphatic rings. The molecule has 1 amide bonds. The van der Waals surface area contributed by atoms with E-state index in [9.17, 15) is 4.79 Å². The van der Waals surface area contributed by atoms with Gasteiger partial charge in [0.1, 0.15) is 9.88 Å². The quantitative estimate of drug-likeness (QED) is 0.705. The van der Waals surface area contributed by atoms with Crippen molar-refractivity contribution in [2.75, 3.05) is 27.3 Å². The SMILES string of the molecule is COCCN(C)C(=O)c1sc(-c2cccc3ccccc23)nc1C. The van der Waals surface area contributed by atoms with Gasteiger partial charge >= 0.3 is 0 Å². The average Bonchev–Trinajstić information content (AvgIpc) is 3.00. The number of carbonyl (C=O) groups excluding carboxylic acids is 1. The van der Waals surface area contributed by atoms with E-state index in [4.69, 9.17) is 4.74 Å². The molecule has 0 N–H and O–H groups in total. The van der Waals surface area contributed by atoms with Crippen LogP contribution in [0.1, 0.15) is 15.4 Å². The number of rotatable bonds is 5. The summed E-state index contributed by atoms with van der Waals surface area (Å²) in [5.41, 5.74) is 1.84. The Morgan fingerprint density at radius 3 is 2.75 bits per heavy atom. The molecule has 124 valence electrons. The van der Waals surface area contributed by atoms with E-state index in [1.807, 2.05) is 25.1 Å². The van der Waals surface area contributed by atoms with Crippen LogP contribution in [0.4, 0.5) is 0 Å². The first-order valence-electron chi connectivity index (χ1n) is 7.81. The van der Waals surface area contributed by atoms with Crippen LogP contribution in [0.25, 0.3) is 21.3 Å². The van der Waals surface area contributed by atoms with Crippen LogP contribution in [0.5, 0.6) is 0 Å². The first-order valence-corrected chi connectivity index (χ1v) is 8.63. The molecule has 0 bridgehead atoms. The second-order valence-electron chi connectivity index (χ2n) is 5.68. The number of nitrogens with zero attached hydrogens (tertiary/aromatic N) is 2. The van der Waals surface area contributed by atoms with Crippen LogP contribution >= 0.6 is 11.3 Å². The second-order valence-corrected chi connectivity index (χ2v) is 6.68. The van der Waals surface area contributed by atoms with Gasteiger partial charge < -0.3 is 9.64 Å². The van der Waals surface area contributed by atoms with Crippen LogP contribution in [0.3, 0.4) is 0 Å². The Hall–Kier alpha value is -2.24. The minimum atomic E-state index is -0.00598. The number of aryl methyl sites for hydroxylation is 1. The number of carbonyl (C=O) groups is 1. The summed E-state index contributed by atoms with van der Waals surface area (Å²) in [7, 11) is 3.42. The van der Waals surface area contributed by atoms with Crippen molar-refractivity contribution in [1.82, 2.24) is 9.88 Å². The van der Waals surface area contributed by atoms with Crippen molar-refractivity contribution in [3.05, 3.63) is 53.0 Å². The zero-order chi connectivity index (χ0) is 17.1. The van der Waals surface area contributed by atoms with Crippen molar-refractivity contribution in [3.63, 3.8) is 0 Å². The second kappa shape index (κ2) is 7.11. The lowest BCUT2D eigenvalue weighted by Crippen LogP contribution is -2.29. The maximum Gasteiger partial charge on any atom is 0.265 e. The lowest BCUT2D eigenvalue weighted by atomic mass is 10.1. The lowest BCUT2D eigenvalue weighted by Gasteiger charge is -2.15. The number of methoxy groups -OCH3 is 1. The van der Waals surface area contributed by atoms with Crippen LogP contribution in [0, 0.1) is 6.92 Å². The largest absolute Gasteiger partial charge is 0.383 e. The molecule has 0 saturated heterocycles. The summed E-state index contributed by atoms with van der Waals surface area (Å²) in [6, 6.07) is 14.4. The van der Waals surface area contributed by atoms with Crippen molar-refractivity contribution in [3.8, 4) is 10.6 Å². The van der Waals surface area contributed by atoms with E-state index in [2.05, 4.69) is 29.2 Å². The summed E-state index contributed by atoms with van der Waals surface area (Å²) >= 11 is 1.45. The molecule has 0 radical (unpaired) electrons. The minimum absolute atomic E-state index is 0.00598. The van der Waals surface area contributed by atoms with E-state index >= 15 is 0 Å². The number of hydrogen-bond acceptors (Lipinski definition) is 4. The highest BCUT2D eigenvalue weighted by Gasteiger charge is 2.20. The van der Waals surface area contributed by atoms with Crippen LogP contribution in [0.2, 0.25) is 0 Å². The van der Waals surface area contributed by atoms with Gasteiger partial charge in [-0.15, -0.1) is 11.3 Å². The first kappa shape index (κ1) is 16.6. The Kier molecular flexibility index (Phi) is 4.92. The van der Waals surface area contributed by atoms with Crippen molar-refractivity contribution >= 4 is 28.0 Å². The van der Waals surface area contributed by atoms with E-state index in [-0.39, 0.29) is 5.91 Å². The Labute approximate surface area is 145 Å². The maximum atomic E-state index is 12.6. The molecular weight excluding hydrogens is 320 g/mol. The van der Waals surface area contributed by atoms with Gasteiger partial charge in [0.2, 0.25) is 0 Å². The Morgan fingerprint density at radius 2 is 1.96 bits per heavy atom. The van der Waals surface area contributed by atoms with Crippen molar-refractivity contribution in [2.45, 2.75) is 6.92 Å². The van der Waals surface area contributed by atoms with Gasteiger partial charge in [0.05, 0.1) is 12.3 Å². The highest BCUT2D eigenvalue weighted by atomic mass is 32.1. The first-order chi connectivity index (χ1) is 11.6. The highest BCUT2D eigenvalue weighted by molar-refractivity contribution is 7.17. The van der Waals surface area contributed by atoms with E-state index in [1.54, 1.807) is 19.1 Å². The molecule has 5 heteroatoms. The van der Waals surface area contributed by atoms with Gasteiger partial charge in [-0.3, -0.25) is 4.79 Å². The zero-order valence-corrected chi connectivity index (χ0v) is 14.9.